The van der Waals surface area contributed by atoms with Gasteiger partial charge in [0.15, 0.2) is 0 Å². The molecule has 2 aromatic heterocycles. The quantitative estimate of drug-likeness (QED) is 0.519. The molecule has 1 aliphatic heterocycles. The predicted octanol–water partition coefficient (Wildman–Crippen LogP) is 3.12. The predicted molar refractivity (Wildman–Crippen MR) is 127 cm³/mol. The topological polar surface area (TPSA) is 72.8 Å². The summed E-state index contributed by atoms with van der Waals surface area (Å²) in [5, 5.41) is 0. The Hall–Kier alpha value is -3.23. The van der Waals surface area contributed by atoms with Crippen LogP contribution in [0.15, 0.2) is 48.9 Å². The number of rotatable bonds is 8. The fourth-order valence-corrected chi connectivity index (χ4v) is 3.91. The summed E-state index contributed by atoms with van der Waals surface area (Å²) in [6.45, 7) is 3.12. The third kappa shape index (κ3) is 5.77. The van der Waals surface area contributed by atoms with E-state index in [1.807, 2.05) is 55.8 Å². The van der Waals surface area contributed by atoms with Crippen LogP contribution in [0.1, 0.15) is 28.5 Å². The molecule has 1 atom stereocenters. The molecule has 33 heavy (non-hydrogen) atoms. The standard InChI is InChI=1S/C25H31N5O3/c1-29(2)25-27-14-19(15-28-25)16-30-9-10-33-24(17-30)22-7-5-18(13-26-22)11-20-12-21(31-3)6-8-23(20)32-4/h5-8,12-15,24H,9-11,16-17H2,1-4H3/t24-/m0/s1. The Morgan fingerprint density at radius 1 is 1.00 bits per heavy atom. The Morgan fingerprint density at radius 2 is 1.79 bits per heavy atom. The monoisotopic (exact) mass is 449 g/mol. The Balaban J connectivity index is 1.39. The first-order valence-electron chi connectivity index (χ1n) is 11.0. The number of hydrogen-bond donors (Lipinski definition) is 0. The molecule has 3 heterocycles. The fraction of sp³-hybridized carbons (Fsp3) is 0.400. The number of methoxy groups -OCH3 is 2. The maximum Gasteiger partial charge on any atom is 0.224 e. The minimum atomic E-state index is -0.0545. The molecule has 0 aliphatic carbocycles. The third-order valence-electron chi connectivity index (χ3n) is 5.71. The van der Waals surface area contributed by atoms with Crippen molar-refractivity contribution in [3.05, 3.63) is 71.3 Å². The summed E-state index contributed by atoms with van der Waals surface area (Å²) in [5.74, 6) is 2.37. The minimum Gasteiger partial charge on any atom is -0.497 e. The van der Waals surface area contributed by atoms with E-state index >= 15 is 0 Å². The molecule has 0 spiro atoms. The summed E-state index contributed by atoms with van der Waals surface area (Å²) in [4.78, 5) is 17.8. The van der Waals surface area contributed by atoms with Crippen molar-refractivity contribution < 1.29 is 14.2 Å². The van der Waals surface area contributed by atoms with Crippen molar-refractivity contribution in [3.63, 3.8) is 0 Å². The molecule has 3 aromatic rings. The van der Waals surface area contributed by atoms with E-state index < -0.39 is 0 Å². The van der Waals surface area contributed by atoms with Gasteiger partial charge in [-0.25, -0.2) is 9.97 Å². The van der Waals surface area contributed by atoms with Gasteiger partial charge < -0.3 is 19.1 Å². The van der Waals surface area contributed by atoms with E-state index in [4.69, 9.17) is 19.2 Å². The van der Waals surface area contributed by atoms with E-state index in [1.54, 1.807) is 14.2 Å². The molecule has 8 heteroatoms. The number of pyridine rings is 1. The molecule has 0 bridgehead atoms. The van der Waals surface area contributed by atoms with Crippen LogP contribution in [-0.2, 0) is 17.7 Å². The van der Waals surface area contributed by atoms with Gasteiger partial charge in [0.05, 0.1) is 26.5 Å². The van der Waals surface area contributed by atoms with Crippen molar-refractivity contribution in [2.45, 2.75) is 19.1 Å². The lowest BCUT2D eigenvalue weighted by molar-refractivity contribution is -0.0350. The minimum absolute atomic E-state index is 0.0545. The molecule has 0 saturated carbocycles. The van der Waals surface area contributed by atoms with Crippen LogP contribution in [0.2, 0.25) is 0 Å². The zero-order valence-electron chi connectivity index (χ0n) is 19.7. The number of benzene rings is 1. The van der Waals surface area contributed by atoms with Gasteiger partial charge in [0.25, 0.3) is 0 Å². The summed E-state index contributed by atoms with van der Waals surface area (Å²) < 4.78 is 16.9. The largest absolute Gasteiger partial charge is 0.497 e. The molecule has 0 N–H and O–H groups in total. The van der Waals surface area contributed by atoms with E-state index in [0.29, 0.717) is 13.0 Å². The number of morpholine rings is 1. The molecule has 8 nitrogen and oxygen atoms in total. The van der Waals surface area contributed by atoms with Gasteiger partial charge in [-0.3, -0.25) is 9.88 Å². The molecule has 1 aromatic carbocycles. The first-order valence-corrected chi connectivity index (χ1v) is 11.0. The zero-order valence-corrected chi connectivity index (χ0v) is 19.7. The molecule has 1 aliphatic rings. The molecule has 0 amide bonds. The van der Waals surface area contributed by atoms with Gasteiger partial charge in [-0.05, 0) is 29.8 Å². The summed E-state index contributed by atoms with van der Waals surface area (Å²) in [7, 11) is 7.23. The maximum atomic E-state index is 6.03. The van der Waals surface area contributed by atoms with Crippen LogP contribution in [0.3, 0.4) is 0 Å². The second kappa shape index (κ2) is 10.6. The number of ether oxygens (including phenoxy) is 3. The van der Waals surface area contributed by atoms with Crippen molar-refractivity contribution in [1.82, 2.24) is 19.9 Å². The molecule has 0 unspecified atom stereocenters. The highest BCUT2D eigenvalue weighted by molar-refractivity contribution is 5.42. The average Bonchev–Trinajstić information content (AvgIpc) is 2.85. The Bertz CT molecular complexity index is 1040. The molecular formula is C25H31N5O3. The summed E-state index contributed by atoms with van der Waals surface area (Å²) in [6, 6.07) is 10.0. The molecule has 4 rings (SSSR count). The van der Waals surface area contributed by atoms with Crippen molar-refractivity contribution >= 4 is 5.95 Å². The lowest BCUT2D eigenvalue weighted by Crippen LogP contribution is -2.38. The van der Waals surface area contributed by atoms with Crippen LogP contribution in [0.5, 0.6) is 11.5 Å². The first kappa shape index (κ1) is 22.9. The Morgan fingerprint density at radius 3 is 2.45 bits per heavy atom. The van der Waals surface area contributed by atoms with E-state index in [1.165, 1.54) is 0 Å². The van der Waals surface area contributed by atoms with Crippen LogP contribution in [-0.4, -0.2) is 67.9 Å². The smallest absolute Gasteiger partial charge is 0.224 e. The summed E-state index contributed by atoms with van der Waals surface area (Å²) in [5.41, 5.74) is 4.21. The molecular weight excluding hydrogens is 418 g/mol. The lowest BCUT2D eigenvalue weighted by Gasteiger charge is -2.32. The molecule has 174 valence electrons. The van der Waals surface area contributed by atoms with Gasteiger partial charge in [0, 0.05) is 69.9 Å². The van der Waals surface area contributed by atoms with Crippen molar-refractivity contribution in [3.8, 4) is 11.5 Å². The van der Waals surface area contributed by atoms with Crippen molar-refractivity contribution in [2.24, 2.45) is 0 Å². The average molecular weight is 450 g/mol. The van der Waals surface area contributed by atoms with E-state index in [2.05, 4.69) is 27.0 Å². The first-order chi connectivity index (χ1) is 16.1. The van der Waals surface area contributed by atoms with E-state index in [-0.39, 0.29) is 6.10 Å². The summed E-state index contributed by atoms with van der Waals surface area (Å²) in [6.07, 6.45) is 6.37. The van der Waals surface area contributed by atoms with Crippen molar-refractivity contribution in [1.29, 1.82) is 0 Å². The Labute approximate surface area is 195 Å². The van der Waals surface area contributed by atoms with E-state index in [9.17, 15) is 0 Å². The molecule has 0 radical (unpaired) electrons. The highest BCUT2D eigenvalue weighted by Crippen LogP contribution is 2.27. The summed E-state index contributed by atoms with van der Waals surface area (Å²) >= 11 is 0. The highest BCUT2D eigenvalue weighted by Gasteiger charge is 2.23. The molecule has 1 fully saturated rings. The van der Waals surface area contributed by atoms with Crippen LogP contribution in [0.4, 0.5) is 5.95 Å². The van der Waals surface area contributed by atoms with Crippen LogP contribution in [0, 0.1) is 0 Å². The van der Waals surface area contributed by atoms with Gasteiger partial charge in [-0.2, -0.15) is 0 Å². The number of hydrogen-bond acceptors (Lipinski definition) is 8. The zero-order chi connectivity index (χ0) is 23.2. The highest BCUT2D eigenvalue weighted by atomic mass is 16.5. The van der Waals surface area contributed by atoms with Gasteiger partial charge in [0.2, 0.25) is 5.95 Å². The van der Waals surface area contributed by atoms with Crippen LogP contribution >= 0.6 is 0 Å². The van der Waals surface area contributed by atoms with Crippen LogP contribution in [0.25, 0.3) is 0 Å². The van der Waals surface area contributed by atoms with E-state index in [0.717, 1.165) is 59.5 Å². The number of anilines is 1. The second-order valence-corrected chi connectivity index (χ2v) is 8.33. The number of aromatic nitrogens is 3. The second-order valence-electron chi connectivity index (χ2n) is 8.33. The van der Waals surface area contributed by atoms with Gasteiger partial charge in [-0.1, -0.05) is 6.07 Å². The van der Waals surface area contributed by atoms with Crippen molar-refractivity contribution in [2.75, 3.05) is 52.9 Å². The SMILES string of the molecule is COc1ccc(OC)c(Cc2ccc([C@@H]3CN(Cc4cnc(N(C)C)nc4)CCO3)nc2)c1. The van der Waals surface area contributed by atoms with Gasteiger partial charge >= 0.3 is 0 Å². The normalized spacial score (nSPS) is 16.4. The third-order valence-corrected chi connectivity index (χ3v) is 5.71. The number of nitrogens with zero attached hydrogens (tertiary/aromatic N) is 5. The van der Waals surface area contributed by atoms with Gasteiger partial charge in [0.1, 0.15) is 17.6 Å². The van der Waals surface area contributed by atoms with Crippen LogP contribution < -0.4 is 14.4 Å². The molecule has 1 saturated heterocycles. The fourth-order valence-electron chi connectivity index (χ4n) is 3.91. The van der Waals surface area contributed by atoms with Gasteiger partial charge in [-0.15, -0.1) is 0 Å². The Kier molecular flexibility index (Phi) is 7.36. The lowest BCUT2D eigenvalue weighted by atomic mass is 10.0. The maximum absolute atomic E-state index is 6.03.